The number of rotatable bonds is 3. The molecule has 1 saturated heterocycles. The summed E-state index contributed by atoms with van der Waals surface area (Å²) in [5.41, 5.74) is 2.92. The van der Waals surface area contributed by atoms with Crippen LogP contribution >= 0.6 is 11.8 Å². The van der Waals surface area contributed by atoms with E-state index >= 15 is 0 Å². The maximum atomic E-state index is 12.6. The normalized spacial score (nSPS) is 18.0. The van der Waals surface area contributed by atoms with Crippen molar-refractivity contribution in [3.63, 3.8) is 0 Å². The van der Waals surface area contributed by atoms with Gasteiger partial charge in [-0.05, 0) is 19.1 Å². The van der Waals surface area contributed by atoms with Crippen molar-refractivity contribution in [1.29, 1.82) is 0 Å². The Balaban J connectivity index is 1.66. The number of pyridine rings is 1. The molecule has 7 heteroatoms. The molecule has 1 aliphatic heterocycles. The van der Waals surface area contributed by atoms with Gasteiger partial charge in [0.15, 0.2) is 0 Å². The Morgan fingerprint density at radius 2 is 2.35 bits per heavy atom. The number of nitrogens with zero attached hydrogens (tertiary/aromatic N) is 4. The summed E-state index contributed by atoms with van der Waals surface area (Å²) < 4.78 is 1.78. The van der Waals surface area contributed by atoms with E-state index < -0.39 is 0 Å². The van der Waals surface area contributed by atoms with Crippen molar-refractivity contribution in [2.75, 3.05) is 18.1 Å². The number of carbonyl (C=O) groups is 1. The highest BCUT2D eigenvalue weighted by Gasteiger charge is 2.29. The lowest BCUT2D eigenvalue weighted by molar-refractivity contribution is 0.182. The first-order valence-corrected chi connectivity index (χ1v) is 8.82. The molecule has 0 unspecified atom stereocenters. The van der Waals surface area contributed by atoms with Gasteiger partial charge in [0.1, 0.15) is 0 Å². The molecule has 3 rings (SSSR count). The number of amides is 2. The predicted molar refractivity (Wildman–Crippen MR) is 91.2 cm³/mol. The molecular formula is C16H21N5OS. The zero-order valence-corrected chi connectivity index (χ0v) is 14.2. The number of aromatic nitrogens is 3. The summed E-state index contributed by atoms with van der Waals surface area (Å²) in [7, 11) is 1.90. The number of hydrogen-bond donors (Lipinski definition) is 1. The van der Waals surface area contributed by atoms with Crippen LogP contribution in [0.25, 0.3) is 0 Å². The third-order valence-corrected chi connectivity index (χ3v) is 4.89. The lowest BCUT2D eigenvalue weighted by atomic mass is 10.1. The van der Waals surface area contributed by atoms with Crippen molar-refractivity contribution in [2.24, 2.45) is 7.05 Å². The van der Waals surface area contributed by atoms with Crippen LogP contribution in [-0.4, -0.2) is 43.7 Å². The number of thioether (sulfide) groups is 1. The van der Waals surface area contributed by atoms with Gasteiger partial charge in [-0.15, -0.1) is 0 Å². The minimum absolute atomic E-state index is 0.0394. The van der Waals surface area contributed by atoms with Crippen LogP contribution in [0.1, 0.15) is 23.0 Å². The van der Waals surface area contributed by atoms with E-state index in [2.05, 4.69) is 15.4 Å². The molecule has 1 aliphatic rings. The fraction of sp³-hybridized carbons (Fsp3) is 0.438. The topological polar surface area (TPSA) is 63.1 Å². The summed E-state index contributed by atoms with van der Waals surface area (Å²) in [6.45, 7) is 3.15. The number of nitrogens with one attached hydrogen (secondary N) is 1. The van der Waals surface area contributed by atoms with Crippen molar-refractivity contribution in [2.45, 2.75) is 19.5 Å². The standard InChI is InChI=1S/C16H21N5OS/c1-12-4-3-5-14(19-12)9-17-16(22)21-6-7-23-11-15(21)13-8-18-20(2)10-13/h3-5,8,10,15H,6-7,9,11H2,1-2H3,(H,17,22)/t15-/m0/s1. The van der Waals surface area contributed by atoms with E-state index in [1.807, 2.05) is 61.2 Å². The maximum absolute atomic E-state index is 12.6. The summed E-state index contributed by atoms with van der Waals surface area (Å²) >= 11 is 1.87. The Bertz CT molecular complexity index is 687. The van der Waals surface area contributed by atoms with Crippen LogP contribution < -0.4 is 5.32 Å². The molecule has 1 atom stereocenters. The Labute approximate surface area is 140 Å². The van der Waals surface area contributed by atoms with Gasteiger partial charge in [0.2, 0.25) is 0 Å². The predicted octanol–water partition coefficient (Wildman–Crippen LogP) is 2.12. The van der Waals surface area contributed by atoms with E-state index in [9.17, 15) is 4.79 Å². The van der Waals surface area contributed by atoms with Gasteiger partial charge in [-0.3, -0.25) is 9.67 Å². The summed E-state index contributed by atoms with van der Waals surface area (Å²) in [4.78, 5) is 18.9. The summed E-state index contributed by atoms with van der Waals surface area (Å²) in [6.07, 6.45) is 3.83. The van der Waals surface area contributed by atoms with Crippen LogP contribution in [0.5, 0.6) is 0 Å². The molecule has 1 fully saturated rings. The molecule has 0 spiro atoms. The molecule has 0 radical (unpaired) electrons. The van der Waals surface area contributed by atoms with Crippen molar-refractivity contribution >= 4 is 17.8 Å². The fourth-order valence-electron chi connectivity index (χ4n) is 2.70. The SMILES string of the molecule is Cc1cccc(CNC(=O)N2CCSC[C@H]2c2cnn(C)c2)n1. The van der Waals surface area contributed by atoms with Gasteiger partial charge < -0.3 is 10.2 Å². The molecule has 0 aliphatic carbocycles. The number of hydrogen-bond acceptors (Lipinski definition) is 4. The first kappa shape index (κ1) is 15.9. The van der Waals surface area contributed by atoms with Gasteiger partial charge in [-0.1, -0.05) is 6.07 Å². The Morgan fingerprint density at radius 1 is 1.48 bits per heavy atom. The molecule has 1 N–H and O–H groups in total. The average molecular weight is 331 g/mol. The highest BCUT2D eigenvalue weighted by atomic mass is 32.2. The maximum Gasteiger partial charge on any atom is 0.318 e. The second kappa shape index (κ2) is 7.04. The first-order valence-electron chi connectivity index (χ1n) is 7.67. The summed E-state index contributed by atoms with van der Waals surface area (Å²) in [6, 6.07) is 5.87. The number of aryl methyl sites for hydroxylation is 2. The number of carbonyl (C=O) groups excluding carboxylic acids is 1. The zero-order chi connectivity index (χ0) is 16.2. The van der Waals surface area contributed by atoms with Gasteiger partial charge >= 0.3 is 6.03 Å². The lowest BCUT2D eigenvalue weighted by Crippen LogP contribution is -2.46. The summed E-state index contributed by atoms with van der Waals surface area (Å²) in [5, 5.41) is 7.22. The van der Waals surface area contributed by atoms with Crippen molar-refractivity contribution in [3.05, 3.63) is 47.5 Å². The van der Waals surface area contributed by atoms with E-state index in [0.29, 0.717) is 6.54 Å². The second-order valence-electron chi connectivity index (χ2n) is 5.66. The molecule has 0 aromatic carbocycles. The van der Waals surface area contributed by atoms with Crippen molar-refractivity contribution in [3.8, 4) is 0 Å². The third kappa shape index (κ3) is 3.85. The van der Waals surface area contributed by atoms with Crippen LogP contribution in [0.2, 0.25) is 0 Å². The number of urea groups is 1. The molecule has 23 heavy (non-hydrogen) atoms. The van der Waals surface area contributed by atoms with Crippen LogP contribution in [0.4, 0.5) is 4.79 Å². The highest BCUT2D eigenvalue weighted by molar-refractivity contribution is 7.99. The van der Waals surface area contributed by atoms with Crippen molar-refractivity contribution < 1.29 is 4.79 Å². The molecule has 0 bridgehead atoms. The Morgan fingerprint density at radius 3 is 3.09 bits per heavy atom. The van der Waals surface area contributed by atoms with Gasteiger partial charge in [0, 0.05) is 42.6 Å². The van der Waals surface area contributed by atoms with E-state index in [4.69, 9.17) is 0 Å². The lowest BCUT2D eigenvalue weighted by Gasteiger charge is -2.34. The van der Waals surface area contributed by atoms with Gasteiger partial charge in [0.05, 0.1) is 24.5 Å². The van der Waals surface area contributed by atoms with Gasteiger partial charge in [-0.2, -0.15) is 16.9 Å². The molecule has 2 aromatic heterocycles. The molecule has 3 heterocycles. The van der Waals surface area contributed by atoms with Gasteiger partial charge in [0.25, 0.3) is 0 Å². The minimum Gasteiger partial charge on any atom is -0.332 e. The third-order valence-electron chi connectivity index (χ3n) is 3.87. The summed E-state index contributed by atoms with van der Waals surface area (Å²) in [5.74, 6) is 1.87. The Hall–Kier alpha value is -2.02. The second-order valence-corrected chi connectivity index (χ2v) is 6.81. The smallest absolute Gasteiger partial charge is 0.318 e. The quantitative estimate of drug-likeness (QED) is 0.936. The zero-order valence-electron chi connectivity index (χ0n) is 13.4. The van der Waals surface area contributed by atoms with E-state index in [1.54, 1.807) is 4.68 Å². The Kier molecular flexibility index (Phi) is 4.85. The molecule has 0 saturated carbocycles. The molecule has 2 amide bonds. The molecule has 6 nitrogen and oxygen atoms in total. The van der Waals surface area contributed by atoms with Crippen LogP contribution in [0, 0.1) is 6.92 Å². The molecule has 2 aromatic rings. The van der Waals surface area contributed by atoms with E-state index in [-0.39, 0.29) is 12.1 Å². The largest absolute Gasteiger partial charge is 0.332 e. The fourth-order valence-corrected chi connectivity index (χ4v) is 3.79. The van der Waals surface area contributed by atoms with Crippen LogP contribution in [-0.2, 0) is 13.6 Å². The first-order chi connectivity index (χ1) is 11.1. The molecule has 122 valence electrons. The van der Waals surface area contributed by atoms with Gasteiger partial charge in [-0.25, -0.2) is 4.79 Å². The van der Waals surface area contributed by atoms with Crippen LogP contribution in [0.3, 0.4) is 0 Å². The molecular weight excluding hydrogens is 310 g/mol. The minimum atomic E-state index is -0.0394. The van der Waals surface area contributed by atoms with E-state index in [1.165, 1.54) is 0 Å². The average Bonchev–Trinajstić information content (AvgIpc) is 2.99. The monoisotopic (exact) mass is 331 g/mol. The highest BCUT2D eigenvalue weighted by Crippen LogP contribution is 2.29. The van der Waals surface area contributed by atoms with Crippen molar-refractivity contribution in [1.82, 2.24) is 25.0 Å². The van der Waals surface area contributed by atoms with E-state index in [0.717, 1.165) is 35.0 Å². The van der Waals surface area contributed by atoms with Crippen LogP contribution in [0.15, 0.2) is 30.6 Å².